The molecule has 4 nitrogen and oxygen atoms in total. The van der Waals surface area contributed by atoms with Gasteiger partial charge in [0.15, 0.2) is 0 Å². The van der Waals surface area contributed by atoms with Crippen molar-refractivity contribution in [2.75, 3.05) is 5.32 Å². The molecule has 0 aliphatic rings. The Kier molecular flexibility index (Phi) is 4.20. The molecule has 0 spiro atoms. The zero-order valence-electron chi connectivity index (χ0n) is 10.7. The topological polar surface area (TPSA) is 51.1 Å². The van der Waals surface area contributed by atoms with Gasteiger partial charge in [-0.25, -0.2) is 4.39 Å². The Bertz CT molecular complexity index is 713. The van der Waals surface area contributed by atoms with Crippen LogP contribution in [0.3, 0.4) is 0 Å². The molecule has 2 rings (SSSR count). The largest absolute Gasteiger partial charge is 0.321 e. The molecule has 0 saturated carbocycles. The quantitative estimate of drug-likeness (QED) is 0.946. The number of nitrogens with one attached hydrogen (secondary N) is 1. The first-order valence-electron chi connectivity index (χ1n) is 5.98. The summed E-state index contributed by atoms with van der Waals surface area (Å²) in [5.74, 6) is -1.00. The van der Waals surface area contributed by atoms with Gasteiger partial charge in [0.05, 0.1) is 10.7 Å². The van der Waals surface area contributed by atoms with Crippen LogP contribution in [0.2, 0.25) is 5.02 Å². The number of aryl methyl sites for hydroxylation is 1. The van der Waals surface area contributed by atoms with E-state index in [9.17, 15) is 14.0 Å². The number of carbonyl (C=O) groups excluding carboxylic acids is 1. The van der Waals surface area contributed by atoms with Crippen LogP contribution in [0.1, 0.15) is 17.3 Å². The number of pyridine rings is 1. The van der Waals surface area contributed by atoms with Gasteiger partial charge in [-0.15, -0.1) is 0 Å². The van der Waals surface area contributed by atoms with Crippen molar-refractivity contribution in [2.45, 2.75) is 13.5 Å². The lowest BCUT2D eigenvalue weighted by Crippen LogP contribution is -2.19. The van der Waals surface area contributed by atoms with E-state index in [-0.39, 0.29) is 16.1 Å². The molecule has 0 aliphatic heterocycles. The Morgan fingerprint density at radius 3 is 2.75 bits per heavy atom. The first kappa shape index (κ1) is 14.3. The van der Waals surface area contributed by atoms with E-state index in [1.807, 2.05) is 6.92 Å². The van der Waals surface area contributed by atoms with Crippen LogP contribution in [-0.4, -0.2) is 10.5 Å². The van der Waals surface area contributed by atoms with Gasteiger partial charge >= 0.3 is 0 Å². The van der Waals surface area contributed by atoms with Crippen LogP contribution < -0.4 is 10.9 Å². The first-order valence-corrected chi connectivity index (χ1v) is 6.36. The highest BCUT2D eigenvalue weighted by atomic mass is 35.5. The number of anilines is 1. The van der Waals surface area contributed by atoms with Gasteiger partial charge in [-0.05, 0) is 31.2 Å². The lowest BCUT2D eigenvalue weighted by molar-refractivity contribution is 0.102. The highest BCUT2D eigenvalue weighted by molar-refractivity contribution is 6.31. The van der Waals surface area contributed by atoms with Crippen LogP contribution >= 0.6 is 11.6 Å². The summed E-state index contributed by atoms with van der Waals surface area (Å²) in [7, 11) is 0. The molecule has 20 heavy (non-hydrogen) atoms. The number of nitrogens with zero attached hydrogens (tertiary/aromatic N) is 1. The summed E-state index contributed by atoms with van der Waals surface area (Å²) < 4.78 is 14.5. The molecule has 1 N–H and O–H groups in total. The van der Waals surface area contributed by atoms with Gasteiger partial charge in [-0.1, -0.05) is 11.6 Å². The normalized spacial score (nSPS) is 10.3. The Hall–Kier alpha value is -2.14. The third-order valence-corrected chi connectivity index (χ3v) is 3.05. The fraction of sp³-hybridized carbons (Fsp3) is 0.143. The summed E-state index contributed by atoms with van der Waals surface area (Å²) in [4.78, 5) is 23.4. The van der Waals surface area contributed by atoms with E-state index in [2.05, 4.69) is 5.32 Å². The zero-order chi connectivity index (χ0) is 14.7. The Morgan fingerprint density at radius 1 is 1.35 bits per heavy atom. The molecule has 0 atom stereocenters. The molecule has 0 saturated heterocycles. The minimum absolute atomic E-state index is 0.115. The number of benzene rings is 1. The van der Waals surface area contributed by atoms with Gasteiger partial charge in [-0.3, -0.25) is 9.59 Å². The van der Waals surface area contributed by atoms with E-state index in [0.717, 1.165) is 6.07 Å². The molecule has 0 radical (unpaired) electrons. The van der Waals surface area contributed by atoms with Gasteiger partial charge in [-0.2, -0.15) is 0 Å². The number of aromatic nitrogens is 1. The minimum atomic E-state index is -0.581. The van der Waals surface area contributed by atoms with E-state index in [1.165, 1.54) is 28.8 Å². The molecule has 0 fully saturated rings. The van der Waals surface area contributed by atoms with Crippen LogP contribution in [0.15, 0.2) is 41.3 Å². The second-order valence-corrected chi connectivity index (χ2v) is 4.53. The van der Waals surface area contributed by atoms with E-state index >= 15 is 0 Å². The molecule has 0 aliphatic carbocycles. The summed E-state index contributed by atoms with van der Waals surface area (Å²) in [5, 5.41) is 2.51. The van der Waals surface area contributed by atoms with Crippen LogP contribution in [-0.2, 0) is 6.54 Å². The lowest BCUT2D eigenvalue weighted by atomic mass is 10.2. The average Bonchev–Trinajstić information content (AvgIpc) is 2.43. The van der Waals surface area contributed by atoms with E-state index in [1.54, 1.807) is 6.20 Å². The van der Waals surface area contributed by atoms with Crippen molar-refractivity contribution in [2.24, 2.45) is 0 Å². The predicted molar refractivity (Wildman–Crippen MR) is 75.7 cm³/mol. The van der Waals surface area contributed by atoms with Crippen LogP contribution in [0, 0.1) is 5.82 Å². The summed E-state index contributed by atoms with van der Waals surface area (Å²) >= 11 is 5.63. The van der Waals surface area contributed by atoms with E-state index < -0.39 is 11.7 Å². The summed E-state index contributed by atoms with van der Waals surface area (Å²) in [6.45, 7) is 2.33. The maximum absolute atomic E-state index is 13.0. The van der Waals surface area contributed by atoms with Crippen molar-refractivity contribution >= 4 is 23.2 Å². The number of halogens is 2. The molecule has 1 aromatic heterocycles. The Balaban J connectivity index is 2.23. The van der Waals surface area contributed by atoms with Crippen molar-refractivity contribution in [3.63, 3.8) is 0 Å². The third-order valence-electron chi connectivity index (χ3n) is 2.76. The molecule has 6 heteroatoms. The van der Waals surface area contributed by atoms with Gasteiger partial charge in [0.2, 0.25) is 0 Å². The molecule has 1 aromatic carbocycles. The molecule has 0 bridgehead atoms. The van der Waals surface area contributed by atoms with Crippen molar-refractivity contribution < 1.29 is 9.18 Å². The SMILES string of the molecule is CCn1cc(NC(=O)c2ccc(F)c(Cl)c2)ccc1=O. The van der Waals surface area contributed by atoms with E-state index in [4.69, 9.17) is 11.6 Å². The van der Waals surface area contributed by atoms with Crippen LogP contribution in [0.4, 0.5) is 10.1 Å². The molecular formula is C14H12ClFN2O2. The number of carbonyl (C=O) groups is 1. The zero-order valence-corrected chi connectivity index (χ0v) is 11.4. The standard InChI is InChI=1S/C14H12ClFN2O2/c1-2-18-8-10(4-6-13(18)19)17-14(20)9-3-5-12(16)11(15)7-9/h3-8H,2H2,1H3,(H,17,20). The molecule has 104 valence electrons. The highest BCUT2D eigenvalue weighted by Gasteiger charge is 2.09. The predicted octanol–water partition coefficient (Wildman–Crippen LogP) is 2.91. The van der Waals surface area contributed by atoms with Crippen molar-refractivity contribution in [3.05, 3.63) is 63.3 Å². The molecule has 2 aromatic rings. The second-order valence-electron chi connectivity index (χ2n) is 4.13. The number of hydrogen-bond donors (Lipinski definition) is 1. The minimum Gasteiger partial charge on any atom is -0.321 e. The fourth-order valence-electron chi connectivity index (χ4n) is 1.69. The average molecular weight is 295 g/mol. The number of rotatable bonds is 3. The van der Waals surface area contributed by atoms with Crippen molar-refractivity contribution in [1.82, 2.24) is 4.57 Å². The third kappa shape index (κ3) is 3.05. The summed E-state index contributed by atoms with van der Waals surface area (Å²) in [6, 6.07) is 6.60. The number of amides is 1. The Labute approximate surface area is 119 Å². The smallest absolute Gasteiger partial charge is 0.255 e. The lowest BCUT2D eigenvalue weighted by Gasteiger charge is -2.08. The maximum Gasteiger partial charge on any atom is 0.255 e. The van der Waals surface area contributed by atoms with Crippen molar-refractivity contribution in [3.8, 4) is 0 Å². The molecule has 0 unspecified atom stereocenters. The van der Waals surface area contributed by atoms with Gasteiger partial charge in [0.1, 0.15) is 5.82 Å². The van der Waals surface area contributed by atoms with Gasteiger partial charge < -0.3 is 9.88 Å². The molecule has 1 heterocycles. The monoisotopic (exact) mass is 294 g/mol. The van der Waals surface area contributed by atoms with Gasteiger partial charge in [0, 0.05) is 24.4 Å². The first-order chi connectivity index (χ1) is 9.51. The molecule has 1 amide bonds. The summed E-state index contributed by atoms with van der Waals surface area (Å²) in [5.41, 5.74) is 0.581. The fourth-order valence-corrected chi connectivity index (χ4v) is 1.87. The Morgan fingerprint density at radius 2 is 2.10 bits per heavy atom. The number of hydrogen-bond acceptors (Lipinski definition) is 2. The second kappa shape index (κ2) is 5.88. The maximum atomic E-state index is 13.0. The van der Waals surface area contributed by atoms with E-state index in [0.29, 0.717) is 12.2 Å². The molecular weight excluding hydrogens is 283 g/mol. The summed E-state index contributed by atoms with van der Waals surface area (Å²) in [6.07, 6.45) is 1.55. The van der Waals surface area contributed by atoms with Gasteiger partial charge in [0.25, 0.3) is 11.5 Å². The highest BCUT2D eigenvalue weighted by Crippen LogP contribution is 2.17. The van der Waals surface area contributed by atoms with Crippen molar-refractivity contribution in [1.29, 1.82) is 0 Å². The van der Waals surface area contributed by atoms with Crippen LogP contribution in [0.5, 0.6) is 0 Å². The van der Waals surface area contributed by atoms with Crippen LogP contribution in [0.25, 0.3) is 0 Å².